The molecule has 354 valence electrons. The zero-order valence-corrected chi connectivity index (χ0v) is 39.9. The third-order valence-corrected chi connectivity index (χ3v) is 14.1. The molecule has 0 N–H and O–H groups in total. The Kier molecular flexibility index (Phi) is 11.1. The van der Waals surface area contributed by atoms with Crippen LogP contribution in [0.3, 0.4) is 0 Å². The van der Waals surface area contributed by atoms with Gasteiger partial charge >= 0.3 is 6.18 Å². The number of nitriles is 5. The van der Waals surface area contributed by atoms with E-state index in [0.29, 0.717) is 55.7 Å². The second kappa shape index (κ2) is 18.3. The first-order chi connectivity index (χ1) is 37.0. The van der Waals surface area contributed by atoms with Crippen molar-refractivity contribution in [2.24, 2.45) is 0 Å². The molecule has 0 spiro atoms. The molecule has 0 radical (unpaired) electrons. The van der Waals surface area contributed by atoms with Gasteiger partial charge in [-0.05, 0) is 141 Å². The lowest BCUT2D eigenvalue weighted by Crippen LogP contribution is -2.09. The minimum atomic E-state index is -4.78. The van der Waals surface area contributed by atoms with Gasteiger partial charge in [0, 0.05) is 27.1 Å². The van der Waals surface area contributed by atoms with Gasteiger partial charge in [-0.2, -0.15) is 39.5 Å². The van der Waals surface area contributed by atoms with E-state index in [1.165, 1.54) is 18.2 Å². The highest BCUT2D eigenvalue weighted by molar-refractivity contribution is 6.14. The molecule has 7 nitrogen and oxygen atoms in total. The number of fused-ring (bicyclic) bond motifs is 6. The Morgan fingerprint density at radius 1 is 0.303 bits per heavy atom. The first kappa shape index (κ1) is 46.1. The maximum Gasteiger partial charge on any atom is 0.417 e. The average Bonchev–Trinajstić information content (AvgIpc) is 4.13. The fraction of sp³-hybridized carbons (Fsp3) is 0.0152. The lowest BCUT2D eigenvalue weighted by Gasteiger charge is -2.21. The fourth-order valence-electron chi connectivity index (χ4n) is 10.6. The average molecular weight is 982 g/mol. The van der Waals surface area contributed by atoms with Gasteiger partial charge in [-0.15, -0.1) is 0 Å². The summed E-state index contributed by atoms with van der Waals surface area (Å²) in [6.07, 6.45) is -4.78. The Hall–Kier alpha value is -11.0. The molecule has 0 saturated heterocycles. The van der Waals surface area contributed by atoms with E-state index in [1.807, 2.05) is 143 Å². The molecule has 0 aliphatic heterocycles. The summed E-state index contributed by atoms with van der Waals surface area (Å²) in [6, 6.07) is 73.1. The summed E-state index contributed by atoms with van der Waals surface area (Å²) in [6.45, 7) is 0. The molecule has 10 heteroatoms. The fourth-order valence-corrected chi connectivity index (χ4v) is 10.6. The van der Waals surface area contributed by atoms with Crippen molar-refractivity contribution >= 4 is 43.6 Å². The van der Waals surface area contributed by atoms with Gasteiger partial charge in [0.05, 0.1) is 97.2 Å². The zero-order valence-electron chi connectivity index (χ0n) is 39.9. The standard InChI is InChI=1S/C66H34F3N7/c67-66(68,69)59-16-2-1-15-53(59)58-34-65(76-62-31-50(46-13-5-9-42(27-46)37-72)19-23-56(62)57-24-20-51(32-63(57)76)47-14-6-10-43(28-47)38-73)64(33-52(58)39-74)75-60-29-48(44-11-3-7-40(25-44)35-70)17-21-54(60)55-22-18-49(30-61(55)75)45-12-4-8-41(26-45)36-71/h1-34H. The van der Waals surface area contributed by atoms with E-state index in [0.717, 1.165) is 72.1 Å². The predicted octanol–water partition coefficient (Wildman–Crippen LogP) is 16.6. The van der Waals surface area contributed by atoms with Crippen LogP contribution in [0.1, 0.15) is 33.4 Å². The van der Waals surface area contributed by atoms with Crippen molar-refractivity contribution in [3.63, 3.8) is 0 Å². The van der Waals surface area contributed by atoms with Crippen LogP contribution in [0.5, 0.6) is 0 Å². The summed E-state index contributed by atoms with van der Waals surface area (Å²) >= 11 is 0. The van der Waals surface area contributed by atoms with Crippen molar-refractivity contribution in [3.05, 3.63) is 240 Å². The van der Waals surface area contributed by atoms with Crippen molar-refractivity contribution in [1.29, 1.82) is 26.3 Å². The smallest absolute Gasteiger partial charge is 0.307 e. The van der Waals surface area contributed by atoms with Crippen LogP contribution in [0.2, 0.25) is 0 Å². The monoisotopic (exact) mass is 981 g/mol. The molecule has 0 unspecified atom stereocenters. The minimum absolute atomic E-state index is 0.00927. The summed E-state index contributed by atoms with van der Waals surface area (Å²) in [5, 5.41) is 54.3. The number of alkyl halides is 3. The number of rotatable bonds is 7. The molecule has 12 aromatic rings. The van der Waals surface area contributed by atoms with E-state index in [2.05, 4.69) is 30.3 Å². The molecule has 0 aliphatic carbocycles. The van der Waals surface area contributed by atoms with Crippen molar-refractivity contribution in [2.75, 3.05) is 0 Å². The van der Waals surface area contributed by atoms with Crippen LogP contribution in [-0.4, -0.2) is 9.13 Å². The molecule has 0 fully saturated rings. The van der Waals surface area contributed by atoms with Gasteiger partial charge in [-0.25, -0.2) is 0 Å². The van der Waals surface area contributed by atoms with Gasteiger partial charge in [0.2, 0.25) is 0 Å². The summed E-state index contributed by atoms with van der Waals surface area (Å²) in [5.41, 5.74) is 10.8. The SMILES string of the molecule is N#Cc1cccc(-c2ccc3c4ccc(-c5cccc(C#N)c5)cc4n(-c4cc(C#N)c(-c5ccccc5C(F)(F)F)cc4-n4c5cc(-c6cccc(C#N)c6)ccc5c5ccc(-c6cccc(C#N)c6)cc54)c3c2)c1. The molecule has 10 aromatic carbocycles. The van der Waals surface area contributed by atoms with Crippen molar-refractivity contribution < 1.29 is 13.2 Å². The minimum Gasteiger partial charge on any atom is -0.307 e. The highest BCUT2D eigenvalue weighted by atomic mass is 19.4. The number of hydrogen-bond acceptors (Lipinski definition) is 5. The van der Waals surface area contributed by atoms with Crippen molar-refractivity contribution in [3.8, 4) is 97.4 Å². The molecular weight excluding hydrogens is 948 g/mol. The molecular formula is C66H34F3N7. The molecule has 12 rings (SSSR count). The zero-order chi connectivity index (χ0) is 52.2. The lowest BCUT2D eigenvalue weighted by atomic mass is 9.94. The lowest BCUT2D eigenvalue weighted by molar-refractivity contribution is -0.137. The molecule has 0 saturated carbocycles. The number of aromatic nitrogens is 2. The highest BCUT2D eigenvalue weighted by Gasteiger charge is 2.34. The van der Waals surface area contributed by atoms with E-state index < -0.39 is 11.7 Å². The van der Waals surface area contributed by atoms with E-state index in [-0.39, 0.29) is 16.7 Å². The van der Waals surface area contributed by atoms with Crippen LogP contribution in [0.4, 0.5) is 13.2 Å². The van der Waals surface area contributed by atoms with Gasteiger partial charge < -0.3 is 9.13 Å². The van der Waals surface area contributed by atoms with Crippen LogP contribution in [0.25, 0.3) is 111 Å². The van der Waals surface area contributed by atoms with Crippen LogP contribution < -0.4 is 0 Å². The van der Waals surface area contributed by atoms with E-state index >= 15 is 13.2 Å². The number of nitrogens with zero attached hydrogens (tertiary/aromatic N) is 7. The molecule has 0 atom stereocenters. The third-order valence-electron chi connectivity index (χ3n) is 14.1. The van der Waals surface area contributed by atoms with E-state index in [1.54, 1.807) is 48.5 Å². The first-order valence-electron chi connectivity index (χ1n) is 24.0. The molecule has 2 heterocycles. The van der Waals surface area contributed by atoms with E-state index in [4.69, 9.17) is 0 Å². The number of hydrogen-bond donors (Lipinski definition) is 0. The third kappa shape index (κ3) is 7.83. The quantitative estimate of drug-likeness (QED) is 0.157. The summed E-state index contributed by atoms with van der Waals surface area (Å²) in [7, 11) is 0. The topological polar surface area (TPSA) is 129 Å². The summed E-state index contributed by atoms with van der Waals surface area (Å²) in [5.74, 6) is 0. The normalized spacial score (nSPS) is 11.3. The van der Waals surface area contributed by atoms with Crippen LogP contribution in [-0.2, 0) is 6.18 Å². The highest BCUT2D eigenvalue weighted by Crippen LogP contribution is 2.46. The van der Waals surface area contributed by atoms with Gasteiger partial charge in [-0.3, -0.25) is 0 Å². The van der Waals surface area contributed by atoms with Gasteiger partial charge in [-0.1, -0.05) is 115 Å². The number of halogens is 3. The van der Waals surface area contributed by atoms with Crippen LogP contribution in [0, 0.1) is 56.7 Å². The van der Waals surface area contributed by atoms with Crippen molar-refractivity contribution in [1.82, 2.24) is 9.13 Å². The predicted molar refractivity (Wildman–Crippen MR) is 291 cm³/mol. The maximum atomic E-state index is 15.2. The molecule has 0 aliphatic rings. The molecule has 76 heavy (non-hydrogen) atoms. The second-order valence-electron chi connectivity index (χ2n) is 18.4. The second-order valence-corrected chi connectivity index (χ2v) is 18.4. The Balaban J connectivity index is 1.27. The largest absolute Gasteiger partial charge is 0.417 e. The summed E-state index contributed by atoms with van der Waals surface area (Å²) < 4.78 is 49.7. The molecule has 0 amide bonds. The first-order valence-corrected chi connectivity index (χ1v) is 24.0. The Bertz CT molecular complexity index is 4420. The molecule has 2 aromatic heterocycles. The van der Waals surface area contributed by atoms with Gasteiger partial charge in [0.15, 0.2) is 0 Å². The van der Waals surface area contributed by atoms with Crippen molar-refractivity contribution in [2.45, 2.75) is 6.18 Å². The number of benzene rings is 10. The Morgan fingerprint density at radius 2 is 0.632 bits per heavy atom. The summed E-state index contributed by atoms with van der Waals surface area (Å²) in [4.78, 5) is 0. The van der Waals surface area contributed by atoms with Crippen LogP contribution in [0.15, 0.2) is 206 Å². The van der Waals surface area contributed by atoms with Crippen LogP contribution >= 0.6 is 0 Å². The van der Waals surface area contributed by atoms with Gasteiger partial charge in [0.1, 0.15) is 0 Å². The maximum absolute atomic E-state index is 15.2. The van der Waals surface area contributed by atoms with E-state index in [9.17, 15) is 26.3 Å². The Labute approximate surface area is 433 Å². The van der Waals surface area contributed by atoms with Gasteiger partial charge in [0.25, 0.3) is 0 Å². The Morgan fingerprint density at radius 3 is 0.961 bits per heavy atom. The molecule has 0 bridgehead atoms.